The van der Waals surface area contributed by atoms with Crippen LogP contribution in [0.4, 0.5) is 11.4 Å². The van der Waals surface area contributed by atoms with Crippen molar-refractivity contribution in [1.29, 1.82) is 0 Å². The van der Waals surface area contributed by atoms with Gasteiger partial charge in [0.2, 0.25) is 0 Å². The van der Waals surface area contributed by atoms with Gasteiger partial charge in [0.1, 0.15) is 11.8 Å². The van der Waals surface area contributed by atoms with Gasteiger partial charge in [-0.05, 0) is 68.9 Å². The third-order valence-corrected chi connectivity index (χ3v) is 7.06. The summed E-state index contributed by atoms with van der Waals surface area (Å²) in [5.74, 6) is -0.233. The second-order valence-corrected chi connectivity index (χ2v) is 9.39. The summed E-state index contributed by atoms with van der Waals surface area (Å²) >= 11 is 6.51. The molecule has 2 aromatic heterocycles. The van der Waals surface area contributed by atoms with E-state index in [2.05, 4.69) is 53.1 Å². The van der Waals surface area contributed by atoms with E-state index in [1.165, 1.54) is 6.26 Å². The number of amides is 1. The highest BCUT2D eigenvalue weighted by atomic mass is 35.5. The number of furan rings is 1. The van der Waals surface area contributed by atoms with Crippen LogP contribution < -0.4 is 10.2 Å². The molecule has 35 heavy (non-hydrogen) atoms. The molecule has 3 heterocycles. The minimum absolute atomic E-state index is 0. The highest BCUT2D eigenvalue weighted by Gasteiger charge is 2.27. The minimum atomic E-state index is -0.233. The number of fused-ring (bicyclic) bond motifs is 1. The topological polar surface area (TPSA) is 61.6 Å². The summed E-state index contributed by atoms with van der Waals surface area (Å²) in [6.45, 7) is 6.36. The number of benzene rings is 2. The molecule has 5 rings (SSSR count). The molecule has 2 unspecified atom stereocenters. The first-order chi connectivity index (χ1) is 16.4. The second-order valence-electron chi connectivity index (χ2n) is 8.98. The smallest absolute Gasteiger partial charge is 0.259 e. The quantitative estimate of drug-likeness (QED) is 0.346. The molecule has 0 radical (unpaired) electrons. The first kappa shape index (κ1) is 25.0. The monoisotopic (exact) mass is 510 g/mol. The van der Waals surface area contributed by atoms with Gasteiger partial charge in [0, 0.05) is 59.9 Å². The van der Waals surface area contributed by atoms with Crippen LogP contribution >= 0.6 is 24.0 Å². The van der Waals surface area contributed by atoms with Crippen molar-refractivity contribution in [3.05, 3.63) is 77.8 Å². The molecule has 8 heteroatoms. The number of anilines is 2. The maximum atomic E-state index is 13.1. The van der Waals surface area contributed by atoms with E-state index in [0.717, 1.165) is 35.3 Å². The summed E-state index contributed by atoms with van der Waals surface area (Å²) in [7, 11) is 2.17. The van der Waals surface area contributed by atoms with Gasteiger partial charge in [-0.3, -0.25) is 14.7 Å². The molecule has 4 aromatic rings. The molecule has 0 bridgehead atoms. The Hall–Kier alpha value is -3.06. The van der Waals surface area contributed by atoms with Crippen molar-refractivity contribution in [3.8, 4) is 11.1 Å². The number of likely N-dealkylation sites (N-methyl/N-ethyl adjacent to an activating group) is 1. The van der Waals surface area contributed by atoms with E-state index >= 15 is 0 Å². The Balaban J connectivity index is 0.00000289. The molecule has 2 atom stereocenters. The molecule has 1 saturated heterocycles. The molecule has 0 aliphatic carbocycles. The summed E-state index contributed by atoms with van der Waals surface area (Å²) in [5.41, 5.74) is 4.77. The lowest BCUT2D eigenvalue weighted by Gasteiger charge is -2.43. The van der Waals surface area contributed by atoms with E-state index in [0.29, 0.717) is 33.9 Å². The minimum Gasteiger partial charge on any atom is -0.463 e. The third kappa shape index (κ3) is 5.01. The number of carbonyl (C=O) groups is 1. The van der Waals surface area contributed by atoms with Crippen LogP contribution in [0.3, 0.4) is 0 Å². The van der Waals surface area contributed by atoms with Gasteiger partial charge in [-0.25, -0.2) is 0 Å². The Morgan fingerprint density at radius 3 is 2.46 bits per heavy atom. The summed E-state index contributed by atoms with van der Waals surface area (Å²) in [6, 6.07) is 16.3. The van der Waals surface area contributed by atoms with E-state index in [1.807, 2.05) is 30.3 Å². The van der Waals surface area contributed by atoms with Gasteiger partial charge < -0.3 is 14.6 Å². The fourth-order valence-electron chi connectivity index (χ4n) is 4.56. The van der Waals surface area contributed by atoms with Crippen LogP contribution in [0.25, 0.3) is 22.1 Å². The molecule has 2 aromatic carbocycles. The second kappa shape index (κ2) is 10.3. The summed E-state index contributed by atoms with van der Waals surface area (Å²) in [4.78, 5) is 22.0. The van der Waals surface area contributed by atoms with Crippen LogP contribution in [-0.4, -0.2) is 48.0 Å². The van der Waals surface area contributed by atoms with Gasteiger partial charge in [0.05, 0.1) is 10.6 Å². The fraction of sp³-hybridized carbons (Fsp3) is 0.259. The average molecular weight is 511 g/mol. The number of pyridine rings is 1. The number of nitrogens with one attached hydrogen (secondary N) is 1. The SMILES string of the molecule is CC1CN(c2ccc3occ(C(=O)Nc4ccc(-c5ccncc5)c(Cl)c4)c3c2)CC(C)N1C.Cl. The van der Waals surface area contributed by atoms with Gasteiger partial charge in [-0.1, -0.05) is 17.7 Å². The third-order valence-electron chi connectivity index (χ3n) is 6.74. The molecule has 6 nitrogen and oxygen atoms in total. The van der Waals surface area contributed by atoms with Gasteiger partial charge >= 0.3 is 0 Å². The number of carbonyl (C=O) groups excluding carboxylic acids is 1. The molecule has 1 aliphatic heterocycles. The van der Waals surface area contributed by atoms with Crippen LogP contribution in [0.2, 0.25) is 5.02 Å². The van der Waals surface area contributed by atoms with Crippen LogP contribution in [0.15, 0.2) is 71.6 Å². The maximum Gasteiger partial charge on any atom is 0.259 e. The number of hydrogen-bond acceptors (Lipinski definition) is 5. The predicted molar refractivity (Wildman–Crippen MR) is 145 cm³/mol. The van der Waals surface area contributed by atoms with Crippen molar-refractivity contribution in [1.82, 2.24) is 9.88 Å². The van der Waals surface area contributed by atoms with Crippen LogP contribution in [-0.2, 0) is 0 Å². The highest BCUT2D eigenvalue weighted by Crippen LogP contribution is 2.32. The maximum absolute atomic E-state index is 13.1. The number of hydrogen-bond donors (Lipinski definition) is 1. The highest BCUT2D eigenvalue weighted by molar-refractivity contribution is 6.33. The molecule has 0 spiro atoms. The van der Waals surface area contributed by atoms with Crippen LogP contribution in [0.5, 0.6) is 0 Å². The summed E-state index contributed by atoms with van der Waals surface area (Å²) < 4.78 is 5.69. The van der Waals surface area contributed by atoms with Gasteiger partial charge in [-0.15, -0.1) is 12.4 Å². The first-order valence-electron chi connectivity index (χ1n) is 11.4. The lowest BCUT2D eigenvalue weighted by Crippen LogP contribution is -2.55. The first-order valence-corrected chi connectivity index (χ1v) is 11.8. The molecule has 1 N–H and O–H groups in total. The Morgan fingerprint density at radius 1 is 1.06 bits per heavy atom. The normalized spacial score (nSPS) is 18.3. The largest absolute Gasteiger partial charge is 0.463 e. The Bertz CT molecular complexity index is 1330. The van der Waals surface area contributed by atoms with Crippen molar-refractivity contribution < 1.29 is 9.21 Å². The lowest BCUT2D eigenvalue weighted by atomic mass is 10.1. The zero-order chi connectivity index (χ0) is 23.8. The average Bonchev–Trinajstić information content (AvgIpc) is 3.26. The van der Waals surface area contributed by atoms with Gasteiger partial charge in [-0.2, -0.15) is 0 Å². The van der Waals surface area contributed by atoms with E-state index in [9.17, 15) is 4.79 Å². The zero-order valence-corrected chi connectivity index (χ0v) is 21.4. The van der Waals surface area contributed by atoms with Crippen LogP contribution in [0, 0.1) is 0 Å². The Morgan fingerprint density at radius 2 is 1.77 bits per heavy atom. The van der Waals surface area contributed by atoms with Crippen LogP contribution in [0.1, 0.15) is 24.2 Å². The molecule has 1 aliphatic rings. The van der Waals surface area contributed by atoms with E-state index in [4.69, 9.17) is 16.0 Å². The zero-order valence-electron chi connectivity index (χ0n) is 19.9. The Kier molecular flexibility index (Phi) is 7.36. The van der Waals surface area contributed by atoms with Crippen molar-refractivity contribution in [2.75, 3.05) is 30.4 Å². The van der Waals surface area contributed by atoms with Crippen molar-refractivity contribution in [2.24, 2.45) is 0 Å². The van der Waals surface area contributed by atoms with E-state index < -0.39 is 0 Å². The lowest BCUT2D eigenvalue weighted by molar-refractivity contribution is 0.102. The van der Waals surface area contributed by atoms with Gasteiger partial charge in [0.25, 0.3) is 5.91 Å². The number of aromatic nitrogens is 1. The van der Waals surface area contributed by atoms with E-state index in [-0.39, 0.29) is 18.3 Å². The molecular weight excluding hydrogens is 483 g/mol. The molecule has 182 valence electrons. The fourth-order valence-corrected chi connectivity index (χ4v) is 4.85. The van der Waals surface area contributed by atoms with Crippen molar-refractivity contribution >= 4 is 52.3 Å². The molecule has 0 saturated carbocycles. The van der Waals surface area contributed by atoms with Crippen molar-refractivity contribution in [3.63, 3.8) is 0 Å². The number of nitrogens with zero attached hydrogens (tertiary/aromatic N) is 3. The number of rotatable bonds is 4. The van der Waals surface area contributed by atoms with Gasteiger partial charge in [0.15, 0.2) is 0 Å². The summed E-state index contributed by atoms with van der Waals surface area (Å²) in [6.07, 6.45) is 4.97. The van der Waals surface area contributed by atoms with Crippen molar-refractivity contribution in [2.45, 2.75) is 25.9 Å². The molecule has 1 fully saturated rings. The molecule has 1 amide bonds. The number of piperazine rings is 1. The predicted octanol–water partition coefficient (Wildman–Crippen LogP) is 6.35. The summed E-state index contributed by atoms with van der Waals surface area (Å²) in [5, 5.41) is 4.32. The van der Waals surface area contributed by atoms with E-state index in [1.54, 1.807) is 18.5 Å². The Labute approximate surface area is 216 Å². The molecular formula is C27H28Cl2N4O2. The number of halogens is 2. The standard InChI is InChI=1S/C27H27ClN4O2.ClH/c1-17-14-32(15-18(2)31(17)3)21-5-7-26-23(13-21)24(16-34-26)27(33)30-20-4-6-22(25(28)12-20)19-8-10-29-11-9-19;/h4-13,16-18H,14-15H2,1-3H3,(H,30,33);1H.